The number of para-hydroxylation sites is 1. The van der Waals surface area contributed by atoms with Crippen molar-refractivity contribution >= 4 is 16.8 Å². The van der Waals surface area contributed by atoms with E-state index in [-0.39, 0.29) is 23.1 Å². The molecule has 0 fully saturated rings. The van der Waals surface area contributed by atoms with Crippen LogP contribution in [-0.4, -0.2) is 31.7 Å². The van der Waals surface area contributed by atoms with Crippen molar-refractivity contribution in [3.63, 3.8) is 0 Å². The van der Waals surface area contributed by atoms with Crippen molar-refractivity contribution in [3.05, 3.63) is 58.4 Å². The zero-order valence-electron chi connectivity index (χ0n) is 12.9. The Bertz CT molecular complexity index is 898. The lowest BCUT2D eigenvalue weighted by molar-refractivity contribution is 0.0934. The predicted octanol–water partition coefficient (Wildman–Crippen LogP) is 1.25. The molecule has 0 radical (unpaired) electrons. The van der Waals surface area contributed by atoms with Crippen molar-refractivity contribution in [1.29, 1.82) is 0 Å². The van der Waals surface area contributed by atoms with Crippen LogP contribution in [0.2, 0.25) is 0 Å². The van der Waals surface area contributed by atoms with E-state index in [9.17, 15) is 9.59 Å². The van der Waals surface area contributed by atoms with Gasteiger partial charge in [-0.25, -0.2) is 4.98 Å². The third kappa shape index (κ3) is 2.98. The second-order valence-electron chi connectivity index (χ2n) is 5.49. The number of fused-ring (bicyclic) bond motifs is 1. The van der Waals surface area contributed by atoms with Gasteiger partial charge in [-0.1, -0.05) is 18.2 Å². The van der Waals surface area contributed by atoms with E-state index in [4.69, 9.17) is 0 Å². The highest BCUT2D eigenvalue weighted by Gasteiger charge is 2.18. The number of carbonyl (C=O) groups excluding carboxylic acids is 1. The normalized spacial score (nSPS) is 12.3. The van der Waals surface area contributed by atoms with Crippen molar-refractivity contribution in [2.75, 3.05) is 0 Å². The van der Waals surface area contributed by atoms with Gasteiger partial charge in [-0.3, -0.25) is 14.3 Å². The molecule has 0 saturated heterocycles. The topological polar surface area (TPSA) is 92.7 Å². The summed E-state index contributed by atoms with van der Waals surface area (Å²) in [4.78, 5) is 31.4. The number of H-pyrrole nitrogens is 1. The maximum atomic E-state index is 12.5. The third-order valence-electron chi connectivity index (χ3n) is 3.71. The van der Waals surface area contributed by atoms with Crippen LogP contribution in [0.15, 0.2) is 41.7 Å². The highest BCUT2D eigenvalue weighted by atomic mass is 16.2. The molecule has 3 rings (SSSR count). The summed E-state index contributed by atoms with van der Waals surface area (Å²) in [7, 11) is 0. The van der Waals surface area contributed by atoms with E-state index >= 15 is 0 Å². The van der Waals surface area contributed by atoms with Crippen LogP contribution >= 0.6 is 0 Å². The molecular weight excluding hydrogens is 294 g/mol. The largest absolute Gasteiger partial charge is 0.348 e. The van der Waals surface area contributed by atoms with Crippen molar-refractivity contribution in [3.8, 4) is 0 Å². The fraction of sp³-hybridized carbons (Fsp3) is 0.250. The van der Waals surface area contributed by atoms with Gasteiger partial charge >= 0.3 is 0 Å². The molecule has 0 saturated carbocycles. The molecule has 0 bridgehead atoms. The van der Waals surface area contributed by atoms with Gasteiger partial charge in [0.1, 0.15) is 18.2 Å². The Labute approximate surface area is 132 Å². The molecule has 0 aliphatic rings. The van der Waals surface area contributed by atoms with E-state index in [1.165, 1.54) is 6.33 Å². The quantitative estimate of drug-likeness (QED) is 0.758. The van der Waals surface area contributed by atoms with Gasteiger partial charge in [0.05, 0.1) is 6.54 Å². The van der Waals surface area contributed by atoms with Gasteiger partial charge in [0, 0.05) is 16.9 Å². The Morgan fingerprint density at radius 1 is 1.39 bits per heavy atom. The van der Waals surface area contributed by atoms with Crippen LogP contribution in [0.5, 0.6) is 0 Å². The Morgan fingerprint density at radius 2 is 2.17 bits per heavy atom. The number of rotatable bonds is 4. The predicted molar refractivity (Wildman–Crippen MR) is 86.3 cm³/mol. The number of aromatic amines is 1. The molecule has 7 heteroatoms. The first-order valence-corrected chi connectivity index (χ1v) is 7.31. The number of amides is 1. The van der Waals surface area contributed by atoms with Crippen LogP contribution in [0.1, 0.15) is 22.8 Å². The molecule has 1 aromatic carbocycles. The lowest BCUT2D eigenvalue weighted by Crippen LogP contribution is -2.39. The van der Waals surface area contributed by atoms with Crippen LogP contribution in [-0.2, 0) is 6.54 Å². The fourth-order valence-electron chi connectivity index (χ4n) is 2.63. The van der Waals surface area contributed by atoms with E-state index in [1.54, 1.807) is 17.9 Å². The van der Waals surface area contributed by atoms with Crippen molar-refractivity contribution in [2.24, 2.45) is 0 Å². The number of nitrogens with one attached hydrogen (secondary N) is 2. The Hall–Kier alpha value is -2.96. The summed E-state index contributed by atoms with van der Waals surface area (Å²) in [5, 5.41) is 7.69. The molecule has 1 amide bonds. The molecule has 7 nitrogen and oxygen atoms in total. The average Bonchev–Trinajstić information content (AvgIpc) is 2.99. The fourth-order valence-corrected chi connectivity index (χ4v) is 2.63. The van der Waals surface area contributed by atoms with Crippen LogP contribution in [0.3, 0.4) is 0 Å². The van der Waals surface area contributed by atoms with E-state index in [0.29, 0.717) is 12.1 Å². The van der Waals surface area contributed by atoms with E-state index < -0.39 is 0 Å². The number of aromatic nitrogens is 4. The van der Waals surface area contributed by atoms with E-state index in [1.807, 2.05) is 31.2 Å². The van der Waals surface area contributed by atoms with Gasteiger partial charge in [-0.15, -0.1) is 0 Å². The lowest BCUT2D eigenvalue weighted by Gasteiger charge is -2.15. The van der Waals surface area contributed by atoms with Crippen LogP contribution in [0, 0.1) is 6.92 Å². The summed E-state index contributed by atoms with van der Waals surface area (Å²) in [6.45, 7) is 4.12. The Kier molecular flexibility index (Phi) is 3.92. The number of pyridine rings is 1. The van der Waals surface area contributed by atoms with Gasteiger partial charge in [0.2, 0.25) is 0 Å². The molecular formula is C16H17N5O2. The highest BCUT2D eigenvalue weighted by molar-refractivity contribution is 5.99. The molecule has 2 heterocycles. The van der Waals surface area contributed by atoms with Crippen LogP contribution in [0.4, 0.5) is 0 Å². The molecule has 2 N–H and O–H groups in total. The molecule has 0 aliphatic heterocycles. The average molecular weight is 311 g/mol. The second-order valence-corrected chi connectivity index (χ2v) is 5.49. The molecule has 0 spiro atoms. The minimum Gasteiger partial charge on any atom is -0.348 e. The van der Waals surface area contributed by atoms with Crippen molar-refractivity contribution < 1.29 is 4.79 Å². The number of hydrogen-bond donors (Lipinski definition) is 2. The molecule has 1 atom stereocenters. The molecule has 23 heavy (non-hydrogen) atoms. The maximum Gasteiger partial charge on any atom is 0.261 e. The van der Waals surface area contributed by atoms with Crippen LogP contribution in [0.25, 0.3) is 10.9 Å². The SMILES string of the molecule is Cc1c(C(=O)N[C@H](C)Cn2cncn2)c(=O)[nH]c2ccccc12. The molecule has 118 valence electrons. The Morgan fingerprint density at radius 3 is 2.91 bits per heavy atom. The molecule has 3 aromatic rings. The number of aryl methyl sites for hydroxylation is 1. The van der Waals surface area contributed by atoms with Gasteiger partial charge in [-0.05, 0) is 25.5 Å². The molecule has 2 aromatic heterocycles. The minimum atomic E-state index is -0.387. The standard InChI is InChI=1S/C16H17N5O2/c1-10(7-21-9-17-8-18-21)19-15(22)14-11(2)12-5-3-4-6-13(12)20-16(14)23/h3-6,8-10H,7H2,1-2H3,(H,19,22)(H,20,23)/t10-/m1/s1. The molecule has 0 unspecified atom stereocenters. The summed E-state index contributed by atoms with van der Waals surface area (Å²) >= 11 is 0. The number of benzene rings is 1. The summed E-state index contributed by atoms with van der Waals surface area (Å²) < 4.78 is 1.63. The first-order valence-electron chi connectivity index (χ1n) is 7.31. The monoisotopic (exact) mass is 311 g/mol. The summed E-state index contributed by atoms with van der Waals surface area (Å²) in [5.41, 5.74) is 1.16. The van der Waals surface area contributed by atoms with E-state index in [2.05, 4.69) is 20.4 Å². The highest BCUT2D eigenvalue weighted by Crippen LogP contribution is 2.16. The van der Waals surface area contributed by atoms with Crippen LogP contribution < -0.4 is 10.9 Å². The lowest BCUT2D eigenvalue weighted by atomic mass is 10.0. The zero-order chi connectivity index (χ0) is 16.4. The summed E-state index contributed by atoms with van der Waals surface area (Å²) in [6, 6.07) is 7.24. The number of nitrogens with zero attached hydrogens (tertiary/aromatic N) is 3. The minimum absolute atomic E-state index is 0.147. The van der Waals surface area contributed by atoms with Gasteiger partial charge in [0.15, 0.2) is 0 Å². The number of hydrogen-bond acceptors (Lipinski definition) is 4. The first-order chi connectivity index (χ1) is 11.1. The number of carbonyl (C=O) groups is 1. The van der Waals surface area contributed by atoms with Gasteiger partial charge in [-0.2, -0.15) is 5.10 Å². The van der Waals surface area contributed by atoms with Crippen molar-refractivity contribution in [2.45, 2.75) is 26.4 Å². The maximum absolute atomic E-state index is 12.5. The summed E-state index contributed by atoms with van der Waals surface area (Å²) in [6.07, 6.45) is 3.02. The third-order valence-corrected chi connectivity index (χ3v) is 3.71. The van der Waals surface area contributed by atoms with E-state index in [0.717, 1.165) is 10.9 Å². The summed E-state index contributed by atoms with van der Waals surface area (Å²) in [5.74, 6) is -0.387. The zero-order valence-corrected chi connectivity index (χ0v) is 12.9. The smallest absolute Gasteiger partial charge is 0.261 e. The van der Waals surface area contributed by atoms with Crippen molar-refractivity contribution in [1.82, 2.24) is 25.1 Å². The van der Waals surface area contributed by atoms with Gasteiger partial charge in [0.25, 0.3) is 11.5 Å². The van der Waals surface area contributed by atoms with Gasteiger partial charge < -0.3 is 10.3 Å². The molecule has 0 aliphatic carbocycles. The first kappa shape index (κ1) is 15.0. The second kappa shape index (κ2) is 6.04. The Balaban J connectivity index is 1.87.